The summed E-state index contributed by atoms with van der Waals surface area (Å²) in [5.74, 6) is -0.212. The minimum atomic E-state index is -0.268. The number of carbonyl (C=O) groups is 1. The lowest BCUT2D eigenvalue weighted by molar-refractivity contribution is 0.0946. The van der Waals surface area contributed by atoms with Gasteiger partial charge in [-0.25, -0.2) is 5.10 Å². The molecule has 0 atom stereocenters. The largest absolute Gasteiger partial charge is 0.351 e. The third kappa shape index (κ3) is 3.37. The average molecular weight is 324 g/mol. The molecule has 3 aromatic rings. The van der Waals surface area contributed by atoms with E-state index in [1.165, 1.54) is 11.6 Å². The third-order valence-electron chi connectivity index (χ3n) is 3.90. The van der Waals surface area contributed by atoms with Gasteiger partial charge in [0.2, 0.25) is 0 Å². The van der Waals surface area contributed by atoms with Crippen molar-refractivity contribution in [2.45, 2.75) is 32.7 Å². The van der Waals surface area contributed by atoms with Gasteiger partial charge in [-0.05, 0) is 35.2 Å². The molecular formula is C18H20N4O2. The number of fused-ring (bicyclic) bond motifs is 1. The van der Waals surface area contributed by atoms with Gasteiger partial charge >= 0.3 is 0 Å². The number of carbonyl (C=O) groups excluding carboxylic acids is 1. The van der Waals surface area contributed by atoms with Crippen molar-refractivity contribution in [1.82, 2.24) is 20.5 Å². The van der Waals surface area contributed by atoms with Gasteiger partial charge in [-0.3, -0.25) is 9.59 Å². The number of benzene rings is 1. The van der Waals surface area contributed by atoms with Crippen molar-refractivity contribution in [1.29, 1.82) is 0 Å². The molecule has 0 aliphatic heterocycles. The van der Waals surface area contributed by atoms with Gasteiger partial charge in [0.05, 0.1) is 12.2 Å². The van der Waals surface area contributed by atoms with Crippen molar-refractivity contribution in [3.63, 3.8) is 0 Å². The first-order valence-corrected chi connectivity index (χ1v) is 7.79. The minimum Gasteiger partial charge on any atom is -0.351 e. The van der Waals surface area contributed by atoms with Gasteiger partial charge in [-0.2, -0.15) is 5.10 Å². The predicted octanol–water partition coefficient (Wildman–Crippen LogP) is 2.48. The maximum atomic E-state index is 12.3. The Labute approximate surface area is 139 Å². The van der Waals surface area contributed by atoms with Crippen LogP contribution in [0.4, 0.5) is 0 Å². The summed E-state index contributed by atoms with van der Waals surface area (Å²) >= 11 is 0. The van der Waals surface area contributed by atoms with Crippen LogP contribution in [0.3, 0.4) is 0 Å². The van der Waals surface area contributed by atoms with Gasteiger partial charge in [-0.15, -0.1) is 0 Å². The highest BCUT2D eigenvalue weighted by Crippen LogP contribution is 2.26. The maximum absolute atomic E-state index is 12.3. The van der Waals surface area contributed by atoms with Crippen LogP contribution in [0, 0.1) is 0 Å². The second kappa shape index (κ2) is 5.96. The van der Waals surface area contributed by atoms with Gasteiger partial charge in [0.15, 0.2) is 0 Å². The molecule has 124 valence electrons. The Bertz CT molecular complexity index is 927. The summed E-state index contributed by atoms with van der Waals surface area (Å²) in [4.78, 5) is 26.4. The van der Waals surface area contributed by atoms with Crippen LogP contribution in [-0.4, -0.2) is 21.1 Å². The van der Waals surface area contributed by atoms with Crippen LogP contribution in [0.25, 0.3) is 10.9 Å². The first-order chi connectivity index (χ1) is 11.3. The topological polar surface area (TPSA) is 90.6 Å². The van der Waals surface area contributed by atoms with Crippen molar-refractivity contribution < 1.29 is 4.79 Å². The molecule has 2 aromatic heterocycles. The molecular weight excluding hydrogens is 304 g/mol. The van der Waals surface area contributed by atoms with Crippen LogP contribution in [-0.2, 0) is 12.0 Å². The SMILES string of the molecule is CC(C)(C)c1ccc2[nH]c(C(=O)NCc3ccc(=O)[nH]n3)cc2c1. The molecule has 6 nitrogen and oxygen atoms in total. The Morgan fingerprint density at radius 2 is 1.96 bits per heavy atom. The van der Waals surface area contributed by atoms with Crippen molar-refractivity contribution in [2.75, 3.05) is 0 Å². The number of aromatic amines is 2. The van der Waals surface area contributed by atoms with E-state index in [1.807, 2.05) is 12.1 Å². The highest BCUT2D eigenvalue weighted by molar-refractivity contribution is 5.98. The summed E-state index contributed by atoms with van der Waals surface area (Å²) in [6.45, 7) is 6.72. The van der Waals surface area contributed by atoms with E-state index < -0.39 is 0 Å². The molecule has 0 fully saturated rings. The van der Waals surface area contributed by atoms with E-state index in [1.54, 1.807) is 6.07 Å². The lowest BCUT2D eigenvalue weighted by atomic mass is 9.86. The van der Waals surface area contributed by atoms with Gasteiger partial charge in [0.25, 0.3) is 11.5 Å². The van der Waals surface area contributed by atoms with Crippen molar-refractivity contribution >= 4 is 16.8 Å². The number of hydrogen-bond donors (Lipinski definition) is 3. The van der Waals surface area contributed by atoms with E-state index in [2.05, 4.69) is 53.4 Å². The van der Waals surface area contributed by atoms with Crippen LogP contribution in [0.1, 0.15) is 42.5 Å². The van der Waals surface area contributed by atoms with Gasteiger partial charge in [0, 0.05) is 17.0 Å². The lowest BCUT2D eigenvalue weighted by Gasteiger charge is -2.18. The molecule has 0 unspecified atom stereocenters. The summed E-state index contributed by atoms with van der Waals surface area (Å²) in [5, 5.41) is 10.00. The van der Waals surface area contributed by atoms with Gasteiger partial charge in [-0.1, -0.05) is 26.8 Å². The van der Waals surface area contributed by atoms with E-state index in [9.17, 15) is 9.59 Å². The van der Waals surface area contributed by atoms with Crippen LogP contribution in [0.15, 0.2) is 41.2 Å². The smallest absolute Gasteiger partial charge is 0.268 e. The van der Waals surface area contributed by atoms with Crippen LogP contribution in [0.5, 0.6) is 0 Å². The zero-order valence-corrected chi connectivity index (χ0v) is 13.9. The molecule has 0 radical (unpaired) electrons. The quantitative estimate of drug-likeness (QED) is 0.691. The Hall–Kier alpha value is -2.89. The average Bonchev–Trinajstić information content (AvgIpc) is 2.96. The molecule has 0 saturated carbocycles. The molecule has 6 heteroatoms. The summed E-state index contributed by atoms with van der Waals surface area (Å²) in [7, 11) is 0. The molecule has 3 rings (SSSR count). The van der Waals surface area contributed by atoms with Crippen molar-refractivity contribution in [2.24, 2.45) is 0 Å². The molecule has 0 spiro atoms. The van der Waals surface area contributed by atoms with E-state index in [0.29, 0.717) is 11.4 Å². The summed E-state index contributed by atoms with van der Waals surface area (Å²) in [6.07, 6.45) is 0. The number of amides is 1. The molecule has 1 amide bonds. The fourth-order valence-electron chi connectivity index (χ4n) is 2.46. The highest BCUT2D eigenvalue weighted by Gasteiger charge is 2.15. The van der Waals surface area contributed by atoms with Crippen LogP contribution >= 0.6 is 0 Å². The van der Waals surface area contributed by atoms with E-state index in [-0.39, 0.29) is 23.4 Å². The molecule has 0 bridgehead atoms. The fourth-order valence-corrected chi connectivity index (χ4v) is 2.46. The molecule has 2 heterocycles. The monoisotopic (exact) mass is 324 g/mol. The molecule has 0 aliphatic rings. The van der Waals surface area contributed by atoms with E-state index in [4.69, 9.17) is 0 Å². The summed E-state index contributed by atoms with van der Waals surface area (Å²) in [6, 6.07) is 11.0. The van der Waals surface area contributed by atoms with Crippen LogP contribution in [0.2, 0.25) is 0 Å². The zero-order valence-electron chi connectivity index (χ0n) is 13.9. The Morgan fingerprint density at radius 3 is 2.62 bits per heavy atom. The first-order valence-electron chi connectivity index (χ1n) is 7.79. The van der Waals surface area contributed by atoms with Gasteiger partial charge in [0.1, 0.15) is 5.69 Å². The minimum absolute atomic E-state index is 0.0593. The summed E-state index contributed by atoms with van der Waals surface area (Å²) < 4.78 is 0. The second-order valence-corrected chi connectivity index (χ2v) is 6.83. The number of aromatic nitrogens is 3. The standard InChI is InChI=1S/C18H20N4O2/c1-18(2,3)12-4-6-14-11(8-12)9-15(20-14)17(24)19-10-13-5-7-16(23)22-21-13/h4-9,20H,10H2,1-3H3,(H,19,24)(H,22,23). The lowest BCUT2D eigenvalue weighted by Crippen LogP contribution is -2.24. The molecule has 0 aliphatic carbocycles. The molecule has 3 N–H and O–H groups in total. The van der Waals surface area contributed by atoms with Crippen molar-refractivity contribution in [3.8, 4) is 0 Å². The Balaban J connectivity index is 1.77. The van der Waals surface area contributed by atoms with E-state index >= 15 is 0 Å². The number of nitrogens with zero attached hydrogens (tertiary/aromatic N) is 1. The normalized spacial score (nSPS) is 11.6. The third-order valence-corrected chi connectivity index (χ3v) is 3.90. The number of hydrogen-bond acceptors (Lipinski definition) is 3. The fraction of sp³-hybridized carbons (Fsp3) is 0.278. The number of rotatable bonds is 3. The van der Waals surface area contributed by atoms with Gasteiger partial charge < -0.3 is 10.3 Å². The zero-order chi connectivity index (χ0) is 17.3. The van der Waals surface area contributed by atoms with Crippen molar-refractivity contribution in [3.05, 3.63) is 63.7 Å². The second-order valence-electron chi connectivity index (χ2n) is 6.83. The first kappa shape index (κ1) is 16.0. The van der Waals surface area contributed by atoms with Crippen LogP contribution < -0.4 is 10.9 Å². The molecule has 24 heavy (non-hydrogen) atoms. The predicted molar refractivity (Wildman–Crippen MR) is 93.0 cm³/mol. The number of H-pyrrole nitrogens is 2. The maximum Gasteiger partial charge on any atom is 0.268 e. The Morgan fingerprint density at radius 1 is 1.17 bits per heavy atom. The van der Waals surface area contributed by atoms with E-state index in [0.717, 1.165) is 10.9 Å². The summed E-state index contributed by atoms with van der Waals surface area (Å²) in [5.41, 5.74) is 3.03. The highest BCUT2D eigenvalue weighted by atomic mass is 16.2. The molecule has 1 aromatic carbocycles. The molecule has 0 saturated heterocycles. The number of nitrogens with one attached hydrogen (secondary N) is 3. The Kier molecular flexibility index (Phi) is 3.97.